The average Bonchev–Trinajstić information content (AvgIpc) is 2.58. The standard InChI is InChI=1S/C11H14O2S/c1-5-7(2)10-8(3)9(6-14-10)11(12)13-4/h5-6H,1-4H3/b7-5+. The van der Waals surface area contributed by atoms with Crippen LogP contribution in [0.15, 0.2) is 11.5 Å². The minimum atomic E-state index is -0.256. The van der Waals surface area contributed by atoms with Gasteiger partial charge in [0, 0.05) is 10.3 Å². The summed E-state index contributed by atoms with van der Waals surface area (Å²) in [5, 5.41) is 1.85. The molecule has 76 valence electrons. The lowest BCUT2D eigenvalue weighted by atomic mass is 10.1. The van der Waals surface area contributed by atoms with E-state index in [0.29, 0.717) is 5.56 Å². The first kappa shape index (κ1) is 11.0. The van der Waals surface area contributed by atoms with Gasteiger partial charge in [-0.3, -0.25) is 0 Å². The van der Waals surface area contributed by atoms with Gasteiger partial charge in [-0.05, 0) is 31.9 Å². The van der Waals surface area contributed by atoms with E-state index in [2.05, 4.69) is 0 Å². The molecule has 1 aromatic heterocycles. The normalized spacial score (nSPS) is 11.6. The Morgan fingerprint density at radius 2 is 2.21 bits per heavy atom. The molecule has 0 aliphatic carbocycles. The molecule has 0 fully saturated rings. The van der Waals surface area contributed by atoms with Crippen molar-refractivity contribution in [1.82, 2.24) is 0 Å². The zero-order valence-corrected chi connectivity index (χ0v) is 9.70. The van der Waals surface area contributed by atoms with E-state index in [0.717, 1.165) is 10.4 Å². The molecule has 0 aromatic carbocycles. The Bertz CT molecular complexity index is 375. The largest absolute Gasteiger partial charge is 0.465 e. The molecule has 2 nitrogen and oxygen atoms in total. The molecule has 0 spiro atoms. The Balaban J connectivity index is 3.15. The van der Waals surface area contributed by atoms with Gasteiger partial charge in [-0.2, -0.15) is 0 Å². The van der Waals surface area contributed by atoms with Gasteiger partial charge in [-0.1, -0.05) is 6.08 Å². The molecule has 0 saturated heterocycles. The quantitative estimate of drug-likeness (QED) is 0.700. The first-order valence-corrected chi connectivity index (χ1v) is 5.29. The first-order chi connectivity index (χ1) is 6.61. The Kier molecular flexibility index (Phi) is 3.47. The van der Waals surface area contributed by atoms with E-state index in [1.54, 1.807) is 11.3 Å². The topological polar surface area (TPSA) is 26.3 Å². The van der Waals surface area contributed by atoms with E-state index in [1.165, 1.54) is 12.7 Å². The second kappa shape index (κ2) is 4.42. The van der Waals surface area contributed by atoms with Crippen LogP contribution < -0.4 is 0 Å². The number of hydrogen-bond acceptors (Lipinski definition) is 3. The van der Waals surface area contributed by atoms with Gasteiger partial charge in [-0.15, -0.1) is 11.3 Å². The molecule has 0 atom stereocenters. The fraction of sp³-hybridized carbons (Fsp3) is 0.364. The highest BCUT2D eigenvalue weighted by Crippen LogP contribution is 2.28. The molecule has 14 heavy (non-hydrogen) atoms. The average molecular weight is 210 g/mol. The minimum absolute atomic E-state index is 0.256. The minimum Gasteiger partial charge on any atom is -0.465 e. The molecule has 0 aliphatic rings. The van der Waals surface area contributed by atoms with Gasteiger partial charge < -0.3 is 4.74 Å². The van der Waals surface area contributed by atoms with Crippen molar-refractivity contribution in [1.29, 1.82) is 0 Å². The summed E-state index contributed by atoms with van der Waals surface area (Å²) in [4.78, 5) is 12.5. The summed E-state index contributed by atoms with van der Waals surface area (Å²) < 4.78 is 4.69. The Hall–Kier alpha value is -1.09. The van der Waals surface area contributed by atoms with E-state index >= 15 is 0 Å². The van der Waals surface area contributed by atoms with Crippen LogP contribution in [0.5, 0.6) is 0 Å². The number of ether oxygens (including phenoxy) is 1. The van der Waals surface area contributed by atoms with Crippen molar-refractivity contribution in [2.75, 3.05) is 7.11 Å². The summed E-state index contributed by atoms with van der Waals surface area (Å²) in [5.74, 6) is -0.256. The molecule has 0 aliphatic heterocycles. The van der Waals surface area contributed by atoms with Crippen LogP contribution in [-0.4, -0.2) is 13.1 Å². The van der Waals surface area contributed by atoms with Crippen molar-refractivity contribution in [3.8, 4) is 0 Å². The summed E-state index contributed by atoms with van der Waals surface area (Å²) in [6.45, 7) is 5.98. The summed E-state index contributed by atoms with van der Waals surface area (Å²) in [6, 6.07) is 0. The number of esters is 1. The molecule has 0 unspecified atom stereocenters. The van der Waals surface area contributed by atoms with Crippen molar-refractivity contribution >= 4 is 22.9 Å². The summed E-state index contributed by atoms with van der Waals surface area (Å²) in [6.07, 6.45) is 2.04. The van der Waals surface area contributed by atoms with Crippen LogP contribution in [-0.2, 0) is 4.74 Å². The molecule has 0 amide bonds. The van der Waals surface area contributed by atoms with Crippen molar-refractivity contribution in [2.45, 2.75) is 20.8 Å². The lowest BCUT2D eigenvalue weighted by molar-refractivity contribution is 0.0600. The lowest BCUT2D eigenvalue weighted by Gasteiger charge is -2.00. The van der Waals surface area contributed by atoms with Crippen molar-refractivity contribution in [3.63, 3.8) is 0 Å². The van der Waals surface area contributed by atoms with Crippen LogP contribution in [0.3, 0.4) is 0 Å². The smallest absolute Gasteiger partial charge is 0.338 e. The monoisotopic (exact) mass is 210 g/mol. The molecule has 1 aromatic rings. The molecule has 3 heteroatoms. The van der Waals surface area contributed by atoms with E-state index in [4.69, 9.17) is 4.74 Å². The number of thiophene rings is 1. The predicted molar refractivity (Wildman–Crippen MR) is 59.7 cm³/mol. The fourth-order valence-electron chi connectivity index (χ4n) is 1.25. The van der Waals surface area contributed by atoms with E-state index < -0.39 is 0 Å². The summed E-state index contributed by atoms with van der Waals surface area (Å²) >= 11 is 1.58. The molecule has 0 bridgehead atoms. The Morgan fingerprint density at radius 1 is 1.57 bits per heavy atom. The summed E-state index contributed by atoms with van der Waals surface area (Å²) in [7, 11) is 1.40. The van der Waals surface area contributed by atoms with Crippen LogP contribution in [0.1, 0.15) is 34.6 Å². The van der Waals surface area contributed by atoms with E-state index in [-0.39, 0.29) is 5.97 Å². The van der Waals surface area contributed by atoms with E-state index in [1.807, 2.05) is 32.2 Å². The van der Waals surface area contributed by atoms with Gasteiger partial charge in [0.05, 0.1) is 12.7 Å². The maximum atomic E-state index is 11.3. The molecule has 0 saturated carbocycles. The third-order valence-electron chi connectivity index (χ3n) is 2.24. The number of carbonyl (C=O) groups excluding carboxylic acids is 1. The number of carbonyl (C=O) groups is 1. The second-order valence-electron chi connectivity index (χ2n) is 3.07. The molecule has 1 heterocycles. The number of allylic oxidation sites excluding steroid dienone is 2. The highest BCUT2D eigenvalue weighted by molar-refractivity contribution is 7.11. The van der Waals surface area contributed by atoms with Gasteiger partial charge in [0.15, 0.2) is 0 Å². The maximum Gasteiger partial charge on any atom is 0.338 e. The third kappa shape index (κ3) is 1.87. The van der Waals surface area contributed by atoms with Gasteiger partial charge in [0.25, 0.3) is 0 Å². The van der Waals surface area contributed by atoms with Crippen LogP contribution in [0, 0.1) is 6.92 Å². The third-order valence-corrected chi connectivity index (χ3v) is 3.45. The Labute approximate surface area is 88.2 Å². The summed E-state index contributed by atoms with van der Waals surface area (Å²) in [5.41, 5.74) is 2.88. The van der Waals surface area contributed by atoms with Crippen molar-refractivity contribution in [2.24, 2.45) is 0 Å². The van der Waals surface area contributed by atoms with Crippen LogP contribution in [0.4, 0.5) is 0 Å². The van der Waals surface area contributed by atoms with Gasteiger partial charge in [-0.25, -0.2) is 4.79 Å². The van der Waals surface area contributed by atoms with Crippen LogP contribution in [0.2, 0.25) is 0 Å². The SMILES string of the molecule is C/C=C(\C)c1scc(C(=O)OC)c1C. The van der Waals surface area contributed by atoms with Gasteiger partial charge >= 0.3 is 5.97 Å². The van der Waals surface area contributed by atoms with Crippen LogP contribution in [0.25, 0.3) is 5.57 Å². The van der Waals surface area contributed by atoms with E-state index in [9.17, 15) is 4.79 Å². The number of hydrogen-bond donors (Lipinski definition) is 0. The predicted octanol–water partition coefficient (Wildman–Crippen LogP) is 3.27. The fourth-order valence-corrected chi connectivity index (χ4v) is 2.35. The maximum absolute atomic E-state index is 11.3. The molecule has 0 N–H and O–H groups in total. The highest BCUT2D eigenvalue weighted by Gasteiger charge is 2.14. The van der Waals surface area contributed by atoms with Crippen molar-refractivity contribution in [3.05, 3.63) is 27.5 Å². The van der Waals surface area contributed by atoms with Crippen LogP contribution >= 0.6 is 11.3 Å². The molecule has 1 rings (SSSR count). The molecule has 0 radical (unpaired) electrons. The first-order valence-electron chi connectivity index (χ1n) is 4.41. The van der Waals surface area contributed by atoms with Gasteiger partial charge in [0.1, 0.15) is 0 Å². The van der Waals surface area contributed by atoms with Gasteiger partial charge in [0.2, 0.25) is 0 Å². The Morgan fingerprint density at radius 3 is 2.71 bits per heavy atom. The molecular weight excluding hydrogens is 196 g/mol. The second-order valence-corrected chi connectivity index (χ2v) is 3.95. The number of methoxy groups -OCH3 is 1. The highest BCUT2D eigenvalue weighted by atomic mass is 32.1. The zero-order valence-electron chi connectivity index (χ0n) is 8.88. The number of rotatable bonds is 2. The van der Waals surface area contributed by atoms with Crippen molar-refractivity contribution < 1.29 is 9.53 Å². The lowest BCUT2D eigenvalue weighted by Crippen LogP contribution is -2.01. The zero-order chi connectivity index (χ0) is 10.7. The molecular formula is C11H14O2S.